The highest BCUT2D eigenvalue weighted by Gasteiger charge is 2.47. The van der Waals surface area contributed by atoms with Gasteiger partial charge >= 0.3 is 18.1 Å². The van der Waals surface area contributed by atoms with Crippen molar-refractivity contribution in [2.45, 2.75) is 45.7 Å². The minimum atomic E-state index is -4.53. The summed E-state index contributed by atoms with van der Waals surface area (Å²) in [5.74, 6) is -4.27. The molecule has 2 aliphatic rings. The van der Waals surface area contributed by atoms with Gasteiger partial charge in [-0.15, -0.1) is 0 Å². The Morgan fingerprint density at radius 1 is 1.18 bits per heavy atom. The standard InChI is InChI=1S/C24H26F3NO5/c1-5-10-33-23(31)18-13(3)28-16-11-12(2)17(22(30)32-4)21(29)20(16)19(18)14-6-8-15(9-7-14)24(25,26)27/h6-9,12,17,19,28H,5,10-11H2,1-4H3/t12-,17-,19-/m1/s1. The van der Waals surface area contributed by atoms with Crippen LogP contribution in [0, 0.1) is 11.8 Å². The number of rotatable bonds is 5. The van der Waals surface area contributed by atoms with Crippen molar-refractivity contribution in [1.29, 1.82) is 0 Å². The number of carbonyl (C=O) groups is 3. The van der Waals surface area contributed by atoms with Crippen LogP contribution in [0.25, 0.3) is 0 Å². The monoisotopic (exact) mass is 465 g/mol. The predicted molar refractivity (Wildman–Crippen MR) is 113 cm³/mol. The van der Waals surface area contributed by atoms with E-state index in [0.29, 0.717) is 29.8 Å². The molecule has 0 unspecified atom stereocenters. The Morgan fingerprint density at radius 3 is 2.36 bits per heavy atom. The van der Waals surface area contributed by atoms with E-state index in [1.165, 1.54) is 19.2 Å². The van der Waals surface area contributed by atoms with Crippen LogP contribution >= 0.6 is 0 Å². The highest BCUT2D eigenvalue weighted by molar-refractivity contribution is 6.12. The summed E-state index contributed by atoms with van der Waals surface area (Å²) in [6, 6.07) is 4.33. The van der Waals surface area contributed by atoms with E-state index in [2.05, 4.69) is 5.32 Å². The van der Waals surface area contributed by atoms with Crippen molar-refractivity contribution in [2.75, 3.05) is 13.7 Å². The predicted octanol–water partition coefficient (Wildman–Crippen LogP) is 4.27. The molecule has 1 N–H and O–H groups in total. The van der Waals surface area contributed by atoms with E-state index in [1.807, 2.05) is 6.92 Å². The maximum absolute atomic E-state index is 13.5. The van der Waals surface area contributed by atoms with Gasteiger partial charge < -0.3 is 14.8 Å². The summed E-state index contributed by atoms with van der Waals surface area (Å²) in [4.78, 5) is 38.9. The van der Waals surface area contributed by atoms with Gasteiger partial charge in [0.2, 0.25) is 0 Å². The smallest absolute Gasteiger partial charge is 0.416 e. The lowest BCUT2D eigenvalue weighted by Crippen LogP contribution is -2.43. The summed E-state index contributed by atoms with van der Waals surface area (Å²) >= 11 is 0. The van der Waals surface area contributed by atoms with Crippen LogP contribution in [0.2, 0.25) is 0 Å². The van der Waals surface area contributed by atoms with Gasteiger partial charge in [0.1, 0.15) is 5.92 Å². The second-order valence-electron chi connectivity index (χ2n) is 8.29. The number of hydrogen-bond acceptors (Lipinski definition) is 6. The zero-order chi connectivity index (χ0) is 24.5. The van der Waals surface area contributed by atoms with Gasteiger partial charge in [-0.25, -0.2) is 4.79 Å². The fourth-order valence-corrected chi connectivity index (χ4v) is 4.42. The van der Waals surface area contributed by atoms with Crippen LogP contribution in [-0.4, -0.2) is 31.4 Å². The number of Topliss-reactive ketones (excluding diaryl/α,β-unsaturated/α-hetero) is 1. The van der Waals surface area contributed by atoms with Crippen LogP contribution in [0.3, 0.4) is 0 Å². The number of alkyl halides is 3. The SMILES string of the molecule is CCCOC(=O)C1=C(C)NC2=C(C(=O)[C@H](C(=O)OC)[C@H](C)C2)[C@@H]1c1ccc(C(F)(F)F)cc1. The Kier molecular flexibility index (Phi) is 7.00. The third-order valence-electron chi connectivity index (χ3n) is 5.97. The molecule has 3 atom stereocenters. The molecule has 6 nitrogen and oxygen atoms in total. The average Bonchev–Trinajstić information content (AvgIpc) is 2.75. The molecule has 0 aromatic heterocycles. The topological polar surface area (TPSA) is 81.7 Å². The van der Waals surface area contributed by atoms with Crippen molar-refractivity contribution in [2.24, 2.45) is 11.8 Å². The first-order valence-corrected chi connectivity index (χ1v) is 10.7. The molecule has 33 heavy (non-hydrogen) atoms. The summed E-state index contributed by atoms with van der Waals surface area (Å²) in [5.41, 5.74) is 0.789. The number of ketones is 1. The molecule has 9 heteroatoms. The Morgan fingerprint density at radius 2 is 1.82 bits per heavy atom. The first-order chi connectivity index (χ1) is 15.5. The molecule has 0 amide bonds. The highest BCUT2D eigenvalue weighted by atomic mass is 19.4. The van der Waals surface area contributed by atoms with Gasteiger partial charge in [-0.1, -0.05) is 26.0 Å². The molecule has 0 radical (unpaired) electrons. The van der Waals surface area contributed by atoms with Gasteiger partial charge in [0, 0.05) is 22.9 Å². The molecule has 1 aliphatic heterocycles. The molecule has 1 aromatic carbocycles. The number of methoxy groups -OCH3 is 1. The summed E-state index contributed by atoms with van der Waals surface area (Å²) in [5, 5.41) is 3.10. The fourth-order valence-electron chi connectivity index (χ4n) is 4.42. The van der Waals surface area contributed by atoms with Gasteiger partial charge in [-0.2, -0.15) is 13.2 Å². The summed E-state index contributed by atoms with van der Waals surface area (Å²) in [6.45, 7) is 5.39. The maximum atomic E-state index is 13.5. The van der Waals surface area contributed by atoms with E-state index in [1.54, 1.807) is 13.8 Å². The van der Waals surface area contributed by atoms with Gasteiger partial charge in [0.05, 0.1) is 24.9 Å². The number of nitrogens with one attached hydrogen (secondary N) is 1. The lowest BCUT2D eigenvalue weighted by molar-refractivity contribution is -0.151. The number of esters is 2. The van der Waals surface area contributed by atoms with Crippen molar-refractivity contribution < 1.29 is 37.0 Å². The molecule has 3 rings (SSSR count). The molecule has 0 fully saturated rings. The van der Waals surface area contributed by atoms with E-state index in [0.717, 1.165) is 12.1 Å². The summed E-state index contributed by atoms with van der Waals surface area (Å²) in [7, 11) is 1.19. The Hall–Kier alpha value is -3.10. The van der Waals surface area contributed by atoms with Crippen molar-refractivity contribution in [1.82, 2.24) is 5.32 Å². The quantitative estimate of drug-likeness (QED) is 0.517. The third kappa shape index (κ3) is 4.67. The van der Waals surface area contributed by atoms with Crippen molar-refractivity contribution >= 4 is 17.7 Å². The lowest BCUT2D eigenvalue weighted by atomic mass is 9.69. The minimum Gasteiger partial charge on any atom is -0.468 e. The number of dihydropyridines is 1. The molecule has 1 heterocycles. The van der Waals surface area contributed by atoms with Crippen LogP contribution in [0.1, 0.15) is 50.7 Å². The lowest BCUT2D eigenvalue weighted by Gasteiger charge is -2.38. The molecule has 1 aliphatic carbocycles. The molecule has 0 saturated carbocycles. The van der Waals surface area contributed by atoms with Crippen LogP contribution in [0.5, 0.6) is 0 Å². The van der Waals surface area contributed by atoms with Crippen LogP contribution in [-0.2, 0) is 30.0 Å². The van der Waals surface area contributed by atoms with E-state index >= 15 is 0 Å². The zero-order valence-electron chi connectivity index (χ0n) is 18.8. The van der Waals surface area contributed by atoms with E-state index in [4.69, 9.17) is 9.47 Å². The van der Waals surface area contributed by atoms with Crippen molar-refractivity contribution in [3.63, 3.8) is 0 Å². The van der Waals surface area contributed by atoms with Crippen LogP contribution in [0.15, 0.2) is 46.8 Å². The molecule has 1 aromatic rings. The normalized spacial score (nSPS) is 23.1. The first-order valence-electron chi connectivity index (χ1n) is 10.7. The Bertz CT molecular complexity index is 1020. The molecule has 0 saturated heterocycles. The second kappa shape index (κ2) is 9.41. The van der Waals surface area contributed by atoms with Crippen LogP contribution < -0.4 is 5.32 Å². The van der Waals surface area contributed by atoms with E-state index < -0.39 is 41.3 Å². The van der Waals surface area contributed by atoms with Crippen molar-refractivity contribution in [3.05, 3.63) is 57.9 Å². The Balaban J connectivity index is 2.16. The zero-order valence-corrected chi connectivity index (χ0v) is 18.8. The Labute approximate surface area is 189 Å². The molecular weight excluding hydrogens is 439 g/mol. The second-order valence-corrected chi connectivity index (χ2v) is 8.29. The van der Waals surface area contributed by atoms with Gasteiger partial charge in [0.15, 0.2) is 5.78 Å². The number of allylic oxidation sites excluding steroid dienone is 3. The first kappa shape index (κ1) is 24.5. The fraction of sp³-hybridized carbons (Fsp3) is 0.458. The molecule has 0 spiro atoms. The number of benzene rings is 1. The third-order valence-corrected chi connectivity index (χ3v) is 5.97. The minimum absolute atomic E-state index is 0.133. The number of hydrogen-bond donors (Lipinski definition) is 1. The summed E-state index contributed by atoms with van der Waals surface area (Å²) in [6.07, 6.45) is -3.62. The molecule has 178 valence electrons. The largest absolute Gasteiger partial charge is 0.468 e. The molecular formula is C24H26F3NO5. The van der Waals surface area contributed by atoms with E-state index in [-0.39, 0.29) is 23.7 Å². The highest BCUT2D eigenvalue weighted by Crippen LogP contribution is 2.45. The van der Waals surface area contributed by atoms with Gasteiger partial charge in [-0.3, -0.25) is 9.59 Å². The van der Waals surface area contributed by atoms with E-state index in [9.17, 15) is 27.6 Å². The number of ether oxygens (including phenoxy) is 2. The van der Waals surface area contributed by atoms with Crippen molar-refractivity contribution in [3.8, 4) is 0 Å². The average molecular weight is 465 g/mol. The number of halogens is 3. The molecule has 0 bridgehead atoms. The summed E-state index contributed by atoms with van der Waals surface area (Å²) < 4.78 is 49.5. The van der Waals surface area contributed by atoms with Crippen LogP contribution in [0.4, 0.5) is 13.2 Å². The maximum Gasteiger partial charge on any atom is 0.416 e. The number of carbonyl (C=O) groups excluding carboxylic acids is 3. The van der Waals surface area contributed by atoms with Gasteiger partial charge in [0.25, 0.3) is 0 Å². The van der Waals surface area contributed by atoms with Gasteiger partial charge in [-0.05, 0) is 43.4 Å².